The lowest BCUT2D eigenvalue weighted by Gasteiger charge is -2.05. The molecule has 1 aromatic rings. The number of carbonyl (C=O) groups is 2. The van der Waals surface area contributed by atoms with Crippen LogP contribution in [0, 0.1) is 0 Å². The number of hydrogen-bond donors (Lipinski definition) is 2. The van der Waals surface area contributed by atoms with E-state index in [4.69, 9.17) is 0 Å². The summed E-state index contributed by atoms with van der Waals surface area (Å²) in [6.45, 7) is 2.33. The van der Waals surface area contributed by atoms with Crippen molar-refractivity contribution in [3.63, 3.8) is 0 Å². The molecule has 0 aromatic heterocycles. The van der Waals surface area contributed by atoms with Crippen molar-refractivity contribution in [3.05, 3.63) is 35.9 Å². The highest BCUT2D eigenvalue weighted by Gasteiger charge is 2.02. The maximum absolute atomic E-state index is 11.5. The summed E-state index contributed by atoms with van der Waals surface area (Å²) < 4.78 is 0. The number of benzene rings is 1. The third-order valence-electron chi connectivity index (χ3n) is 1.82. The number of nitrogens with one attached hydrogen (secondary N) is 2. The van der Waals surface area contributed by atoms with Crippen LogP contribution in [-0.2, 0) is 4.79 Å². The summed E-state index contributed by atoms with van der Waals surface area (Å²) in [7, 11) is 0. The Morgan fingerprint density at radius 3 is 2.27 bits per heavy atom. The molecule has 0 unspecified atom stereocenters. The van der Waals surface area contributed by atoms with Crippen molar-refractivity contribution in [1.82, 2.24) is 10.6 Å². The molecule has 0 atom stereocenters. The molecule has 0 saturated carbocycles. The van der Waals surface area contributed by atoms with Gasteiger partial charge in [0.2, 0.25) is 5.91 Å². The molecule has 0 spiro atoms. The van der Waals surface area contributed by atoms with Crippen LogP contribution < -0.4 is 10.6 Å². The van der Waals surface area contributed by atoms with Gasteiger partial charge in [0.15, 0.2) is 0 Å². The van der Waals surface area contributed by atoms with Crippen LogP contribution in [0.5, 0.6) is 0 Å². The van der Waals surface area contributed by atoms with Gasteiger partial charge in [0, 0.05) is 25.6 Å². The molecule has 15 heavy (non-hydrogen) atoms. The Kier molecular flexibility index (Phi) is 4.34. The third-order valence-corrected chi connectivity index (χ3v) is 1.82. The molecule has 1 aromatic carbocycles. The van der Waals surface area contributed by atoms with Crippen molar-refractivity contribution in [1.29, 1.82) is 0 Å². The van der Waals surface area contributed by atoms with Gasteiger partial charge in [-0.05, 0) is 12.1 Å². The van der Waals surface area contributed by atoms with Crippen LogP contribution in [0.15, 0.2) is 30.3 Å². The lowest BCUT2D eigenvalue weighted by Crippen LogP contribution is -2.33. The van der Waals surface area contributed by atoms with Gasteiger partial charge in [0.25, 0.3) is 5.91 Å². The van der Waals surface area contributed by atoms with Crippen molar-refractivity contribution < 1.29 is 9.59 Å². The van der Waals surface area contributed by atoms with E-state index < -0.39 is 0 Å². The minimum atomic E-state index is -0.124. The Morgan fingerprint density at radius 1 is 1.07 bits per heavy atom. The molecule has 0 aliphatic carbocycles. The van der Waals surface area contributed by atoms with E-state index in [0.717, 1.165) is 0 Å². The number of amides is 2. The van der Waals surface area contributed by atoms with Crippen molar-refractivity contribution in [2.24, 2.45) is 0 Å². The van der Waals surface area contributed by atoms with Gasteiger partial charge >= 0.3 is 0 Å². The van der Waals surface area contributed by atoms with Crippen molar-refractivity contribution in [2.45, 2.75) is 6.92 Å². The highest BCUT2D eigenvalue weighted by Crippen LogP contribution is 1.96. The van der Waals surface area contributed by atoms with E-state index in [1.807, 2.05) is 18.2 Å². The second kappa shape index (κ2) is 5.80. The van der Waals surface area contributed by atoms with Gasteiger partial charge < -0.3 is 10.6 Å². The van der Waals surface area contributed by atoms with Crippen LogP contribution in [-0.4, -0.2) is 24.9 Å². The van der Waals surface area contributed by atoms with Gasteiger partial charge in [-0.25, -0.2) is 0 Å². The Morgan fingerprint density at radius 2 is 1.67 bits per heavy atom. The second-order valence-electron chi connectivity index (χ2n) is 3.10. The fourth-order valence-corrected chi connectivity index (χ4v) is 1.11. The van der Waals surface area contributed by atoms with Gasteiger partial charge in [-0.3, -0.25) is 9.59 Å². The summed E-state index contributed by atoms with van der Waals surface area (Å²) in [6, 6.07) is 8.96. The summed E-state index contributed by atoms with van der Waals surface area (Å²) in [5.41, 5.74) is 0.625. The van der Waals surface area contributed by atoms with Crippen LogP contribution >= 0.6 is 0 Å². The lowest BCUT2D eigenvalue weighted by molar-refractivity contribution is -0.118. The summed E-state index contributed by atoms with van der Waals surface area (Å²) >= 11 is 0. The number of rotatable bonds is 4. The second-order valence-corrected chi connectivity index (χ2v) is 3.10. The van der Waals surface area contributed by atoms with E-state index in [-0.39, 0.29) is 11.8 Å². The fraction of sp³-hybridized carbons (Fsp3) is 0.273. The molecule has 0 fully saturated rings. The molecule has 0 aliphatic rings. The molecule has 0 heterocycles. The first-order valence-corrected chi connectivity index (χ1v) is 4.78. The Hall–Kier alpha value is -1.84. The van der Waals surface area contributed by atoms with Gasteiger partial charge in [0.05, 0.1) is 0 Å². The van der Waals surface area contributed by atoms with Gasteiger partial charge in [-0.15, -0.1) is 0 Å². The molecular formula is C11H14N2O2. The standard InChI is InChI=1S/C11H14N2O2/c1-9(14)12-7-8-13-11(15)10-5-3-2-4-6-10/h2-6H,7-8H2,1H3,(H,12,14)(H,13,15). The molecule has 80 valence electrons. The maximum Gasteiger partial charge on any atom is 0.251 e. The Labute approximate surface area is 88.7 Å². The minimum absolute atomic E-state index is 0.0936. The first-order valence-electron chi connectivity index (χ1n) is 4.78. The third kappa shape index (κ3) is 4.26. The predicted molar refractivity (Wildman–Crippen MR) is 57.5 cm³/mol. The highest BCUT2D eigenvalue weighted by atomic mass is 16.2. The molecule has 2 N–H and O–H groups in total. The van der Waals surface area contributed by atoms with Crippen molar-refractivity contribution >= 4 is 11.8 Å². The fourth-order valence-electron chi connectivity index (χ4n) is 1.11. The molecule has 0 saturated heterocycles. The first kappa shape index (κ1) is 11.2. The van der Waals surface area contributed by atoms with Gasteiger partial charge in [0.1, 0.15) is 0 Å². The van der Waals surface area contributed by atoms with E-state index in [1.54, 1.807) is 12.1 Å². The van der Waals surface area contributed by atoms with Crippen molar-refractivity contribution in [3.8, 4) is 0 Å². The monoisotopic (exact) mass is 206 g/mol. The number of hydrogen-bond acceptors (Lipinski definition) is 2. The Balaban J connectivity index is 2.28. The van der Waals surface area contributed by atoms with Crippen LogP contribution in [0.1, 0.15) is 17.3 Å². The molecule has 0 radical (unpaired) electrons. The van der Waals surface area contributed by atoms with E-state index in [0.29, 0.717) is 18.7 Å². The topological polar surface area (TPSA) is 58.2 Å². The normalized spacial score (nSPS) is 9.40. The summed E-state index contributed by atoms with van der Waals surface area (Å²) in [5, 5.41) is 5.30. The minimum Gasteiger partial charge on any atom is -0.355 e. The SMILES string of the molecule is CC(=O)NCCNC(=O)c1ccccc1. The number of carbonyl (C=O) groups excluding carboxylic acids is 2. The van der Waals surface area contributed by atoms with Crippen LogP contribution in [0.25, 0.3) is 0 Å². The first-order chi connectivity index (χ1) is 7.20. The van der Waals surface area contributed by atoms with E-state index in [9.17, 15) is 9.59 Å². The average molecular weight is 206 g/mol. The maximum atomic E-state index is 11.5. The molecule has 0 aliphatic heterocycles. The zero-order chi connectivity index (χ0) is 11.1. The molecule has 1 rings (SSSR count). The van der Waals surface area contributed by atoms with Gasteiger partial charge in [-0.2, -0.15) is 0 Å². The lowest BCUT2D eigenvalue weighted by atomic mass is 10.2. The van der Waals surface area contributed by atoms with Crippen molar-refractivity contribution in [2.75, 3.05) is 13.1 Å². The van der Waals surface area contributed by atoms with E-state index in [1.165, 1.54) is 6.92 Å². The average Bonchev–Trinajstić information content (AvgIpc) is 2.25. The smallest absolute Gasteiger partial charge is 0.251 e. The molecule has 4 nitrogen and oxygen atoms in total. The zero-order valence-corrected chi connectivity index (χ0v) is 8.62. The largest absolute Gasteiger partial charge is 0.355 e. The predicted octanol–water partition coefficient (Wildman–Crippen LogP) is 0.552. The molecule has 0 bridgehead atoms. The van der Waals surface area contributed by atoms with Crippen LogP contribution in [0.4, 0.5) is 0 Å². The summed E-state index contributed by atoms with van der Waals surface area (Å²) in [6.07, 6.45) is 0. The Bertz CT molecular complexity index is 336. The molecule has 2 amide bonds. The summed E-state index contributed by atoms with van der Waals surface area (Å²) in [4.78, 5) is 22.0. The molecular weight excluding hydrogens is 192 g/mol. The van der Waals surface area contributed by atoms with Crippen LogP contribution in [0.3, 0.4) is 0 Å². The zero-order valence-electron chi connectivity index (χ0n) is 8.62. The van der Waals surface area contributed by atoms with Crippen LogP contribution in [0.2, 0.25) is 0 Å². The van der Waals surface area contributed by atoms with E-state index in [2.05, 4.69) is 10.6 Å². The molecule has 4 heteroatoms. The van der Waals surface area contributed by atoms with E-state index >= 15 is 0 Å². The quantitative estimate of drug-likeness (QED) is 0.707. The highest BCUT2D eigenvalue weighted by molar-refractivity contribution is 5.94. The summed E-state index contributed by atoms with van der Waals surface area (Å²) in [5.74, 6) is -0.218. The van der Waals surface area contributed by atoms with Gasteiger partial charge in [-0.1, -0.05) is 18.2 Å².